The van der Waals surface area contributed by atoms with Gasteiger partial charge in [0.2, 0.25) is 21.8 Å². The second kappa shape index (κ2) is 14.0. The number of amides is 2. The Kier molecular flexibility index (Phi) is 10.2. The van der Waals surface area contributed by atoms with Crippen LogP contribution in [0.5, 0.6) is 0 Å². The summed E-state index contributed by atoms with van der Waals surface area (Å²) in [5.41, 5.74) is 3.41. The number of nitrogens with zero attached hydrogens (tertiary/aromatic N) is 2. The SMILES string of the molecule is CC(C)NC(=O)[C@@H](Cc1ccccc1)N(Cc1ccc(Cl)c(Cl)c1)C(=O)CN(c1ccc(C23CC4CC(CC(C4)C2)C3)cc1)S(C)(=O)=O. The average molecular weight is 711 g/mol. The smallest absolute Gasteiger partial charge is 0.244 e. The van der Waals surface area contributed by atoms with Crippen molar-refractivity contribution in [3.05, 3.63) is 99.5 Å². The molecule has 4 aliphatic rings. The van der Waals surface area contributed by atoms with Gasteiger partial charge in [-0.05, 0) is 116 Å². The maximum atomic E-state index is 14.4. The first kappa shape index (κ1) is 34.8. The molecule has 4 fully saturated rings. The lowest BCUT2D eigenvalue weighted by atomic mass is 9.48. The summed E-state index contributed by atoms with van der Waals surface area (Å²) in [4.78, 5) is 29.7. The van der Waals surface area contributed by atoms with Crippen molar-refractivity contribution in [3.8, 4) is 0 Å². The fourth-order valence-electron chi connectivity index (χ4n) is 8.83. The van der Waals surface area contributed by atoms with Crippen molar-refractivity contribution in [2.24, 2.45) is 17.8 Å². The molecule has 0 radical (unpaired) electrons. The molecule has 1 N–H and O–H groups in total. The number of hydrogen-bond acceptors (Lipinski definition) is 4. The van der Waals surface area contributed by atoms with Crippen LogP contribution in [0, 0.1) is 17.8 Å². The van der Waals surface area contributed by atoms with E-state index in [9.17, 15) is 18.0 Å². The highest BCUT2D eigenvalue weighted by Gasteiger charge is 2.51. The van der Waals surface area contributed by atoms with Crippen LogP contribution in [0.4, 0.5) is 5.69 Å². The van der Waals surface area contributed by atoms with E-state index >= 15 is 0 Å². The highest BCUT2D eigenvalue weighted by atomic mass is 35.5. The third-order valence-corrected chi connectivity index (χ3v) is 12.4. The van der Waals surface area contributed by atoms with Crippen LogP contribution in [-0.4, -0.2) is 50.0 Å². The van der Waals surface area contributed by atoms with Crippen LogP contribution in [0.3, 0.4) is 0 Å². The Bertz CT molecular complexity index is 1710. The average Bonchev–Trinajstić information content (AvgIpc) is 3.02. The van der Waals surface area contributed by atoms with Gasteiger partial charge in [-0.25, -0.2) is 8.42 Å². The molecule has 0 aliphatic heterocycles. The van der Waals surface area contributed by atoms with Gasteiger partial charge in [-0.1, -0.05) is 71.7 Å². The molecule has 48 heavy (non-hydrogen) atoms. The van der Waals surface area contributed by atoms with Crippen molar-refractivity contribution < 1.29 is 18.0 Å². The van der Waals surface area contributed by atoms with E-state index in [2.05, 4.69) is 17.4 Å². The third kappa shape index (κ3) is 7.71. The molecule has 4 bridgehead atoms. The Morgan fingerprint density at radius 2 is 1.46 bits per heavy atom. The van der Waals surface area contributed by atoms with E-state index in [1.54, 1.807) is 18.2 Å². The fourth-order valence-corrected chi connectivity index (χ4v) is 10.00. The van der Waals surface area contributed by atoms with Gasteiger partial charge in [-0.2, -0.15) is 0 Å². The summed E-state index contributed by atoms with van der Waals surface area (Å²) in [6, 6.07) is 21.3. The molecule has 3 aromatic rings. The third-order valence-electron chi connectivity index (χ3n) is 10.5. The summed E-state index contributed by atoms with van der Waals surface area (Å²) >= 11 is 12.5. The number of hydrogen-bond donors (Lipinski definition) is 1. The van der Waals surface area contributed by atoms with Crippen molar-refractivity contribution in [1.29, 1.82) is 0 Å². The van der Waals surface area contributed by atoms with Gasteiger partial charge >= 0.3 is 0 Å². The molecule has 0 heterocycles. The van der Waals surface area contributed by atoms with Crippen molar-refractivity contribution >= 4 is 50.7 Å². The van der Waals surface area contributed by atoms with E-state index in [-0.39, 0.29) is 30.3 Å². The molecule has 0 saturated heterocycles. The van der Waals surface area contributed by atoms with Crippen molar-refractivity contribution in [2.75, 3.05) is 17.1 Å². The van der Waals surface area contributed by atoms with Crippen LogP contribution in [0.25, 0.3) is 0 Å². The summed E-state index contributed by atoms with van der Waals surface area (Å²) in [7, 11) is -3.87. The van der Waals surface area contributed by atoms with E-state index in [4.69, 9.17) is 23.2 Å². The molecule has 4 saturated carbocycles. The zero-order valence-electron chi connectivity index (χ0n) is 27.9. The molecule has 7 nitrogen and oxygen atoms in total. The number of carbonyl (C=O) groups is 2. The Morgan fingerprint density at radius 1 is 0.854 bits per heavy atom. The number of rotatable bonds is 12. The molecule has 7 rings (SSSR count). The van der Waals surface area contributed by atoms with E-state index in [1.807, 2.05) is 56.3 Å². The molecular formula is C38H45Cl2N3O4S. The lowest BCUT2D eigenvalue weighted by Gasteiger charge is -2.57. The quantitative estimate of drug-likeness (QED) is 0.213. The van der Waals surface area contributed by atoms with Crippen LogP contribution >= 0.6 is 23.2 Å². The standard InChI is InChI=1S/C38H45Cl2N3O4S/c1-25(2)41-37(45)35(19-26-7-5-4-6-8-26)42(23-27-9-14-33(39)34(40)18-27)36(44)24-43(48(3,46)47)32-12-10-31(11-13-32)38-20-28-15-29(21-38)17-30(16-28)22-38/h4-14,18,25,28-30,35H,15-17,19-24H2,1-3H3,(H,41,45)/t28?,29?,30?,35-,38?/m1/s1. The second-order valence-corrected chi connectivity index (χ2v) is 17.4. The van der Waals surface area contributed by atoms with Gasteiger partial charge in [0.15, 0.2) is 0 Å². The Morgan fingerprint density at radius 3 is 2.00 bits per heavy atom. The van der Waals surface area contributed by atoms with Crippen molar-refractivity contribution in [3.63, 3.8) is 0 Å². The Labute approximate surface area is 295 Å². The lowest BCUT2D eigenvalue weighted by molar-refractivity contribution is -0.140. The van der Waals surface area contributed by atoms with Crippen molar-refractivity contribution in [1.82, 2.24) is 10.2 Å². The summed E-state index contributed by atoms with van der Waals surface area (Å²) in [6.07, 6.45) is 9.02. The number of sulfonamides is 1. The van der Waals surface area contributed by atoms with Gasteiger partial charge in [0.05, 0.1) is 22.0 Å². The zero-order valence-corrected chi connectivity index (χ0v) is 30.2. The highest BCUT2D eigenvalue weighted by molar-refractivity contribution is 7.92. The van der Waals surface area contributed by atoms with Gasteiger partial charge in [0, 0.05) is 19.0 Å². The normalized spacial score (nSPS) is 23.6. The number of carbonyl (C=O) groups excluding carboxylic acids is 2. The summed E-state index contributed by atoms with van der Waals surface area (Å²) in [6.45, 7) is 3.29. The molecule has 0 unspecified atom stereocenters. The lowest BCUT2D eigenvalue weighted by Crippen LogP contribution is -2.54. The molecule has 10 heteroatoms. The van der Waals surface area contributed by atoms with E-state index in [0.29, 0.717) is 21.3 Å². The van der Waals surface area contributed by atoms with Crippen LogP contribution < -0.4 is 9.62 Å². The van der Waals surface area contributed by atoms with Gasteiger partial charge in [-0.3, -0.25) is 13.9 Å². The topological polar surface area (TPSA) is 86.8 Å². The van der Waals surface area contributed by atoms with Gasteiger partial charge in [-0.15, -0.1) is 0 Å². The summed E-state index contributed by atoms with van der Waals surface area (Å²) in [5, 5.41) is 3.66. The summed E-state index contributed by atoms with van der Waals surface area (Å²) in [5.74, 6) is 1.54. The predicted molar refractivity (Wildman–Crippen MR) is 193 cm³/mol. The minimum Gasteiger partial charge on any atom is -0.352 e. The first-order chi connectivity index (χ1) is 22.8. The molecule has 4 aliphatic carbocycles. The first-order valence-corrected chi connectivity index (χ1v) is 19.6. The number of nitrogens with one attached hydrogen (secondary N) is 1. The second-order valence-electron chi connectivity index (χ2n) is 14.7. The zero-order chi connectivity index (χ0) is 34.2. The van der Waals surface area contributed by atoms with E-state index < -0.39 is 28.5 Å². The molecule has 2 amide bonds. The van der Waals surface area contributed by atoms with Crippen LogP contribution in [0.15, 0.2) is 72.8 Å². The molecule has 256 valence electrons. The van der Waals surface area contributed by atoms with Crippen molar-refractivity contribution in [2.45, 2.75) is 82.8 Å². The maximum Gasteiger partial charge on any atom is 0.244 e. The first-order valence-electron chi connectivity index (χ1n) is 17.0. The predicted octanol–water partition coefficient (Wildman–Crippen LogP) is 7.39. The Hall–Kier alpha value is -3.07. The molecule has 3 aromatic carbocycles. The molecule has 0 aromatic heterocycles. The number of halogens is 2. The summed E-state index contributed by atoms with van der Waals surface area (Å²) < 4.78 is 27.8. The highest BCUT2D eigenvalue weighted by Crippen LogP contribution is 2.60. The number of benzene rings is 3. The largest absolute Gasteiger partial charge is 0.352 e. The monoisotopic (exact) mass is 709 g/mol. The number of anilines is 1. The van der Waals surface area contributed by atoms with Crippen LogP contribution in [0.1, 0.15) is 69.1 Å². The van der Waals surface area contributed by atoms with Crippen LogP contribution in [-0.2, 0) is 38.0 Å². The molecular weight excluding hydrogens is 665 g/mol. The minimum absolute atomic E-state index is 0.0291. The van der Waals surface area contributed by atoms with Crippen LogP contribution in [0.2, 0.25) is 10.0 Å². The Balaban J connectivity index is 1.31. The maximum absolute atomic E-state index is 14.4. The minimum atomic E-state index is -3.87. The molecule has 0 spiro atoms. The van der Waals surface area contributed by atoms with Gasteiger partial charge < -0.3 is 10.2 Å². The fraction of sp³-hybridized carbons (Fsp3) is 0.474. The van der Waals surface area contributed by atoms with E-state index in [1.165, 1.54) is 49.0 Å². The molecule has 1 atom stereocenters. The van der Waals surface area contributed by atoms with E-state index in [0.717, 1.165) is 33.9 Å². The van der Waals surface area contributed by atoms with Gasteiger partial charge in [0.25, 0.3) is 0 Å². The van der Waals surface area contributed by atoms with Gasteiger partial charge in [0.1, 0.15) is 12.6 Å².